The Labute approximate surface area is 524 Å². The Balaban J connectivity index is 5.25. The lowest BCUT2D eigenvalue weighted by molar-refractivity contribution is -0.161. The fourth-order valence-corrected chi connectivity index (χ4v) is 11.6. The topological polar surface area (TPSA) is 237 Å². The fraction of sp³-hybridized carbons (Fsp3) is 0.940. The molecule has 0 bridgehead atoms. The van der Waals surface area contributed by atoms with Crippen molar-refractivity contribution < 1.29 is 80.2 Å². The van der Waals surface area contributed by atoms with E-state index in [2.05, 4.69) is 48.5 Å². The summed E-state index contributed by atoms with van der Waals surface area (Å²) < 4.78 is 68.1. The van der Waals surface area contributed by atoms with Crippen LogP contribution >= 0.6 is 15.6 Å². The van der Waals surface area contributed by atoms with Gasteiger partial charge in [0.2, 0.25) is 0 Å². The van der Waals surface area contributed by atoms with E-state index in [9.17, 15) is 43.2 Å². The van der Waals surface area contributed by atoms with E-state index in [-0.39, 0.29) is 25.7 Å². The van der Waals surface area contributed by atoms with Crippen LogP contribution in [0.2, 0.25) is 0 Å². The van der Waals surface area contributed by atoms with Gasteiger partial charge >= 0.3 is 39.5 Å². The summed E-state index contributed by atoms with van der Waals surface area (Å²) in [5.41, 5.74) is 0. The second-order valence-electron chi connectivity index (χ2n) is 25.6. The van der Waals surface area contributed by atoms with Crippen LogP contribution in [-0.4, -0.2) is 96.7 Å². The molecule has 0 saturated carbocycles. The molecule has 0 heterocycles. The highest BCUT2D eigenvalue weighted by molar-refractivity contribution is 7.47. The second kappa shape index (κ2) is 58.2. The SMILES string of the molecule is CCCCCCCCCCCCCCC(=O)OC[C@H](COP(=O)(O)OC[C@@H](O)COP(=O)(O)OC[C@@H](COC(=O)CCCCCCCCCC(C)C)OC(=O)CCCCCCCCCC(C)C)OC(=O)CCCCCCCCCCCCCC(C)C. The third-order valence-electron chi connectivity index (χ3n) is 15.4. The molecule has 0 amide bonds. The third kappa shape index (κ3) is 60.9. The van der Waals surface area contributed by atoms with Gasteiger partial charge in [-0.1, -0.05) is 280 Å². The van der Waals surface area contributed by atoms with Gasteiger partial charge in [0.1, 0.15) is 19.3 Å². The molecular weight excluding hydrogens is 1140 g/mol. The summed E-state index contributed by atoms with van der Waals surface area (Å²) in [7, 11) is -9.89. The highest BCUT2D eigenvalue weighted by Gasteiger charge is 2.30. The molecule has 0 aromatic carbocycles. The summed E-state index contributed by atoms with van der Waals surface area (Å²) >= 11 is 0. The summed E-state index contributed by atoms with van der Waals surface area (Å²) in [6.07, 6.45) is 40.4. The van der Waals surface area contributed by atoms with Crippen molar-refractivity contribution in [2.45, 2.75) is 349 Å². The van der Waals surface area contributed by atoms with Crippen LogP contribution in [0.4, 0.5) is 0 Å². The molecule has 5 atom stereocenters. The smallest absolute Gasteiger partial charge is 0.462 e. The van der Waals surface area contributed by atoms with Gasteiger partial charge in [0, 0.05) is 25.7 Å². The monoisotopic (exact) mass is 1270 g/mol. The number of rotatable bonds is 65. The number of hydrogen-bond donors (Lipinski definition) is 3. The van der Waals surface area contributed by atoms with Crippen LogP contribution in [0.3, 0.4) is 0 Å². The molecule has 2 unspecified atom stereocenters. The summed E-state index contributed by atoms with van der Waals surface area (Å²) in [5, 5.41) is 10.6. The predicted octanol–water partition coefficient (Wildman–Crippen LogP) is 18.7. The number of aliphatic hydroxyl groups excluding tert-OH is 1. The number of carbonyl (C=O) groups excluding carboxylic acids is 4. The molecule has 0 aromatic heterocycles. The van der Waals surface area contributed by atoms with Crippen LogP contribution in [0, 0.1) is 17.8 Å². The Morgan fingerprint density at radius 1 is 0.314 bits per heavy atom. The first-order chi connectivity index (χ1) is 41.2. The standard InChI is InChI=1S/C67H130O17P2/c1-8-9-10-11-12-13-14-17-20-27-34-41-48-64(69)77-54-62(83-66(71)50-43-36-28-21-18-15-16-19-24-31-38-45-58(2)3)56-81-85(73,74)79-52-61(68)53-80-86(75,76)82-57-63(84-67(72)51-44-37-30-23-26-33-40-47-60(6)7)55-78-65(70)49-42-35-29-22-25-32-39-46-59(4)5/h58-63,68H,8-57H2,1-7H3,(H,73,74)(H,75,76)/t61-,62-,63-/m1/s1. The van der Waals surface area contributed by atoms with Crippen LogP contribution in [0.25, 0.3) is 0 Å². The van der Waals surface area contributed by atoms with Crippen molar-refractivity contribution in [2.24, 2.45) is 17.8 Å². The van der Waals surface area contributed by atoms with Gasteiger partial charge in [0.25, 0.3) is 0 Å². The summed E-state index contributed by atoms with van der Waals surface area (Å²) in [4.78, 5) is 72.4. The van der Waals surface area contributed by atoms with E-state index in [1.54, 1.807) is 0 Å². The van der Waals surface area contributed by atoms with Gasteiger partial charge in [0.05, 0.1) is 26.4 Å². The van der Waals surface area contributed by atoms with E-state index < -0.39 is 97.5 Å². The Hall–Kier alpha value is -1.94. The number of esters is 4. The van der Waals surface area contributed by atoms with Gasteiger partial charge in [-0.15, -0.1) is 0 Å². The Bertz CT molecular complexity index is 1700. The molecule has 0 fully saturated rings. The van der Waals surface area contributed by atoms with Crippen LogP contribution in [0.15, 0.2) is 0 Å². The zero-order chi connectivity index (χ0) is 63.8. The van der Waals surface area contributed by atoms with Gasteiger partial charge in [-0.3, -0.25) is 37.3 Å². The summed E-state index contributed by atoms with van der Waals surface area (Å²) in [6, 6.07) is 0. The van der Waals surface area contributed by atoms with Crippen molar-refractivity contribution in [1.82, 2.24) is 0 Å². The summed E-state index contributed by atoms with van der Waals surface area (Å²) in [5.74, 6) is 0.0333. The first-order valence-electron chi connectivity index (χ1n) is 34.8. The molecule has 0 aromatic rings. The van der Waals surface area contributed by atoms with Crippen molar-refractivity contribution in [3.8, 4) is 0 Å². The zero-order valence-corrected chi connectivity index (χ0v) is 57.6. The normalized spacial score (nSPS) is 14.3. The quantitative estimate of drug-likeness (QED) is 0.0222. The molecule has 0 aliphatic carbocycles. The first kappa shape index (κ1) is 84.1. The lowest BCUT2D eigenvalue weighted by Crippen LogP contribution is -2.30. The van der Waals surface area contributed by atoms with Crippen LogP contribution in [0.1, 0.15) is 331 Å². The molecule has 17 nitrogen and oxygen atoms in total. The zero-order valence-electron chi connectivity index (χ0n) is 55.8. The maximum Gasteiger partial charge on any atom is 0.472 e. The highest BCUT2D eigenvalue weighted by Crippen LogP contribution is 2.45. The van der Waals surface area contributed by atoms with E-state index in [4.69, 9.17) is 37.0 Å². The molecule has 0 rings (SSSR count). The van der Waals surface area contributed by atoms with Crippen molar-refractivity contribution >= 4 is 39.5 Å². The lowest BCUT2D eigenvalue weighted by Gasteiger charge is -2.21. The lowest BCUT2D eigenvalue weighted by atomic mass is 10.0. The third-order valence-corrected chi connectivity index (χ3v) is 17.3. The van der Waals surface area contributed by atoms with Crippen LogP contribution < -0.4 is 0 Å². The second-order valence-corrected chi connectivity index (χ2v) is 28.5. The average Bonchev–Trinajstić information content (AvgIpc) is 3.68. The molecule has 0 saturated heterocycles. The van der Waals surface area contributed by atoms with Crippen molar-refractivity contribution in [3.05, 3.63) is 0 Å². The molecule has 19 heteroatoms. The largest absolute Gasteiger partial charge is 0.472 e. The molecule has 0 radical (unpaired) electrons. The van der Waals surface area contributed by atoms with Crippen molar-refractivity contribution in [3.63, 3.8) is 0 Å². The number of aliphatic hydroxyl groups is 1. The number of hydrogen-bond acceptors (Lipinski definition) is 15. The molecule has 86 heavy (non-hydrogen) atoms. The number of carbonyl (C=O) groups is 4. The van der Waals surface area contributed by atoms with Gasteiger partial charge < -0.3 is 33.8 Å². The van der Waals surface area contributed by atoms with E-state index in [0.29, 0.717) is 37.5 Å². The highest BCUT2D eigenvalue weighted by atomic mass is 31.2. The van der Waals surface area contributed by atoms with Crippen molar-refractivity contribution in [2.75, 3.05) is 39.6 Å². The number of unbranched alkanes of at least 4 members (excludes halogenated alkanes) is 33. The predicted molar refractivity (Wildman–Crippen MR) is 344 cm³/mol. The van der Waals surface area contributed by atoms with Crippen molar-refractivity contribution in [1.29, 1.82) is 0 Å². The van der Waals surface area contributed by atoms with Crippen LogP contribution in [-0.2, 0) is 65.4 Å². The van der Waals surface area contributed by atoms with Gasteiger partial charge in [-0.05, 0) is 43.4 Å². The van der Waals surface area contributed by atoms with Crippen LogP contribution in [0.5, 0.6) is 0 Å². The maximum atomic E-state index is 13.0. The molecule has 0 aliphatic heterocycles. The van der Waals surface area contributed by atoms with E-state index >= 15 is 0 Å². The van der Waals surface area contributed by atoms with Gasteiger partial charge in [0.15, 0.2) is 12.2 Å². The summed E-state index contributed by atoms with van der Waals surface area (Å²) in [6.45, 7) is 11.7. The molecule has 0 spiro atoms. The van der Waals surface area contributed by atoms with Gasteiger partial charge in [-0.2, -0.15) is 0 Å². The number of phosphoric ester groups is 2. The Kier molecular flexibility index (Phi) is 56.9. The average molecular weight is 1270 g/mol. The Morgan fingerprint density at radius 3 is 0.791 bits per heavy atom. The molecule has 3 N–H and O–H groups in total. The molecule has 510 valence electrons. The van der Waals surface area contributed by atoms with Gasteiger partial charge in [-0.25, -0.2) is 9.13 Å². The molecule has 0 aliphatic rings. The molecular formula is C67H130O17P2. The minimum atomic E-state index is -4.95. The fourth-order valence-electron chi connectivity index (χ4n) is 10.0. The minimum absolute atomic E-state index is 0.102. The van der Waals surface area contributed by atoms with E-state index in [0.717, 1.165) is 102 Å². The first-order valence-corrected chi connectivity index (χ1v) is 37.8. The van der Waals surface area contributed by atoms with E-state index in [1.807, 2.05) is 0 Å². The Morgan fingerprint density at radius 2 is 0.535 bits per heavy atom. The number of phosphoric acid groups is 2. The van der Waals surface area contributed by atoms with E-state index in [1.165, 1.54) is 135 Å². The maximum absolute atomic E-state index is 13.0. The number of ether oxygens (including phenoxy) is 4. The minimum Gasteiger partial charge on any atom is -0.462 e.